The minimum Gasteiger partial charge on any atom is -0.378 e. The lowest BCUT2D eigenvalue weighted by atomic mass is 10.1. The fourth-order valence-corrected chi connectivity index (χ4v) is 4.19. The second-order valence-electron chi connectivity index (χ2n) is 7.98. The summed E-state index contributed by atoms with van der Waals surface area (Å²) in [7, 11) is 0. The van der Waals surface area contributed by atoms with Crippen LogP contribution < -0.4 is 0 Å². The van der Waals surface area contributed by atoms with Crippen molar-refractivity contribution in [2.45, 2.75) is 0 Å². The molecule has 33 heavy (non-hydrogen) atoms. The van der Waals surface area contributed by atoms with Gasteiger partial charge in [-0.2, -0.15) is 5.10 Å². The van der Waals surface area contributed by atoms with E-state index in [4.69, 9.17) is 4.74 Å². The maximum absolute atomic E-state index is 13.2. The Morgan fingerprint density at radius 2 is 1.42 bits per heavy atom. The van der Waals surface area contributed by atoms with Crippen molar-refractivity contribution in [3.05, 3.63) is 54.4 Å². The number of amides is 3. The lowest BCUT2D eigenvalue weighted by molar-refractivity contribution is -0.154. The zero-order chi connectivity index (χ0) is 22.8. The Morgan fingerprint density at radius 3 is 2.12 bits per heavy atom. The van der Waals surface area contributed by atoms with E-state index in [1.54, 1.807) is 15.6 Å². The number of ether oxygens (including phenoxy) is 1. The van der Waals surface area contributed by atoms with Crippen molar-refractivity contribution < 1.29 is 19.1 Å². The van der Waals surface area contributed by atoms with Gasteiger partial charge in [0, 0.05) is 51.0 Å². The van der Waals surface area contributed by atoms with Crippen molar-refractivity contribution in [3.63, 3.8) is 0 Å². The van der Waals surface area contributed by atoms with Crippen LogP contribution in [0, 0.1) is 0 Å². The van der Waals surface area contributed by atoms with Gasteiger partial charge in [0.1, 0.15) is 5.56 Å². The third-order valence-corrected chi connectivity index (χ3v) is 6.04. The molecule has 2 fully saturated rings. The first kappa shape index (κ1) is 21.1. The molecule has 0 aliphatic carbocycles. The summed E-state index contributed by atoms with van der Waals surface area (Å²) >= 11 is 0. The summed E-state index contributed by atoms with van der Waals surface area (Å²) in [6, 6.07) is 11.7. The van der Waals surface area contributed by atoms with Gasteiger partial charge in [0.05, 0.1) is 25.1 Å². The number of carbonyl (C=O) groups is 3. The number of hydrogen-bond acceptors (Lipinski definition) is 6. The zero-order valence-corrected chi connectivity index (χ0v) is 18.1. The van der Waals surface area contributed by atoms with Crippen LogP contribution in [-0.4, -0.2) is 99.5 Å². The molecule has 2 aliphatic rings. The van der Waals surface area contributed by atoms with Gasteiger partial charge in [0.25, 0.3) is 5.91 Å². The normalized spacial score (nSPS) is 16.8. The molecule has 0 spiro atoms. The van der Waals surface area contributed by atoms with Crippen molar-refractivity contribution in [1.29, 1.82) is 0 Å². The number of morpholine rings is 1. The summed E-state index contributed by atoms with van der Waals surface area (Å²) < 4.78 is 6.91. The van der Waals surface area contributed by atoms with Gasteiger partial charge in [-0.3, -0.25) is 14.4 Å². The molecular weight excluding hydrogens is 424 g/mol. The highest BCUT2D eigenvalue weighted by molar-refractivity contribution is 6.35. The molecule has 5 rings (SSSR count). The van der Waals surface area contributed by atoms with Crippen molar-refractivity contribution in [2.75, 3.05) is 52.5 Å². The molecule has 4 heterocycles. The molecule has 0 unspecified atom stereocenters. The van der Waals surface area contributed by atoms with Gasteiger partial charge in [-0.25, -0.2) is 9.50 Å². The van der Waals surface area contributed by atoms with Crippen molar-refractivity contribution in [2.24, 2.45) is 0 Å². The van der Waals surface area contributed by atoms with Crippen molar-refractivity contribution in [1.82, 2.24) is 29.3 Å². The van der Waals surface area contributed by atoms with Gasteiger partial charge in [0.15, 0.2) is 5.65 Å². The second kappa shape index (κ2) is 8.99. The molecular formula is C23H24N6O4. The average Bonchev–Trinajstić information content (AvgIpc) is 3.33. The van der Waals surface area contributed by atoms with Crippen LogP contribution in [0.2, 0.25) is 0 Å². The third-order valence-electron chi connectivity index (χ3n) is 6.04. The lowest BCUT2D eigenvalue weighted by Gasteiger charge is -2.35. The van der Waals surface area contributed by atoms with Crippen LogP contribution in [0.15, 0.2) is 48.8 Å². The molecule has 170 valence electrons. The van der Waals surface area contributed by atoms with Crippen LogP contribution in [0.5, 0.6) is 0 Å². The zero-order valence-electron chi connectivity index (χ0n) is 18.1. The molecule has 0 N–H and O–H groups in total. The van der Waals surface area contributed by atoms with Crippen LogP contribution in [0.3, 0.4) is 0 Å². The first-order valence-electron chi connectivity index (χ1n) is 11.0. The average molecular weight is 448 g/mol. The SMILES string of the molecule is O=C(C(=O)N1CCN(C(=O)c2cnn3c(-c4ccccc4)ccnc23)CC1)N1CCOCC1. The third kappa shape index (κ3) is 4.05. The molecule has 1 aromatic carbocycles. The van der Waals surface area contributed by atoms with Gasteiger partial charge in [-0.05, 0) is 6.07 Å². The smallest absolute Gasteiger partial charge is 0.312 e. The monoisotopic (exact) mass is 448 g/mol. The Labute approximate surface area is 190 Å². The van der Waals surface area contributed by atoms with E-state index in [1.165, 1.54) is 16.0 Å². The van der Waals surface area contributed by atoms with E-state index >= 15 is 0 Å². The fraction of sp³-hybridized carbons (Fsp3) is 0.348. The van der Waals surface area contributed by atoms with Crippen LogP contribution in [0.4, 0.5) is 0 Å². The summed E-state index contributed by atoms with van der Waals surface area (Å²) in [5.41, 5.74) is 2.72. The number of piperazine rings is 1. The van der Waals surface area contributed by atoms with E-state index in [9.17, 15) is 14.4 Å². The maximum atomic E-state index is 13.2. The number of carbonyl (C=O) groups excluding carboxylic acids is 3. The standard InChI is InChI=1S/C23H24N6O4/c30-21(18-16-25-29-19(6-7-24-20(18)29)17-4-2-1-3-5-17)26-8-10-27(11-9-26)22(31)23(32)28-12-14-33-15-13-28/h1-7,16H,8-15H2. The highest BCUT2D eigenvalue weighted by Crippen LogP contribution is 2.21. The van der Waals surface area contributed by atoms with E-state index in [0.717, 1.165) is 11.3 Å². The maximum Gasteiger partial charge on any atom is 0.312 e. The quantitative estimate of drug-likeness (QED) is 0.531. The number of nitrogens with zero attached hydrogens (tertiary/aromatic N) is 6. The molecule has 3 amide bonds. The molecule has 2 aliphatic heterocycles. The Bertz CT molecular complexity index is 1180. The fourth-order valence-electron chi connectivity index (χ4n) is 4.19. The van der Waals surface area contributed by atoms with Crippen LogP contribution >= 0.6 is 0 Å². The Balaban J connectivity index is 1.28. The molecule has 2 saturated heterocycles. The molecule has 0 radical (unpaired) electrons. The van der Waals surface area contributed by atoms with Crippen molar-refractivity contribution in [3.8, 4) is 11.3 Å². The molecule has 10 heteroatoms. The van der Waals surface area contributed by atoms with Crippen LogP contribution in [-0.2, 0) is 14.3 Å². The molecule has 0 saturated carbocycles. The van der Waals surface area contributed by atoms with Crippen LogP contribution in [0.25, 0.3) is 16.9 Å². The Morgan fingerprint density at radius 1 is 0.788 bits per heavy atom. The highest BCUT2D eigenvalue weighted by Gasteiger charge is 2.32. The van der Waals surface area contributed by atoms with Crippen molar-refractivity contribution >= 4 is 23.4 Å². The largest absolute Gasteiger partial charge is 0.378 e. The molecule has 10 nitrogen and oxygen atoms in total. The number of hydrogen-bond donors (Lipinski definition) is 0. The highest BCUT2D eigenvalue weighted by atomic mass is 16.5. The van der Waals surface area contributed by atoms with Gasteiger partial charge in [-0.1, -0.05) is 30.3 Å². The summed E-state index contributed by atoms with van der Waals surface area (Å²) in [4.78, 5) is 47.4. The number of rotatable bonds is 2. The van der Waals surface area contributed by atoms with E-state index in [1.807, 2.05) is 36.4 Å². The number of aromatic nitrogens is 3. The van der Waals surface area contributed by atoms with E-state index in [-0.39, 0.29) is 5.91 Å². The summed E-state index contributed by atoms with van der Waals surface area (Å²) in [6.07, 6.45) is 3.21. The van der Waals surface area contributed by atoms with Gasteiger partial charge in [0.2, 0.25) is 0 Å². The van der Waals surface area contributed by atoms with E-state index < -0.39 is 11.8 Å². The minimum absolute atomic E-state index is 0.186. The minimum atomic E-state index is -0.519. The Kier molecular flexibility index (Phi) is 5.74. The molecule has 0 bridgehead atoms. The predicted molar refractivity (Wildman–Crippen MR) is 118 cm³/mol. The summed E-state index contributed by atoms with van der Waals surface area (Å²) in [5, 5.41) is 4.41. The van der Waals surface area contributed by atoms with Gasteiger partial charge < -0.3 is 19.4 Å². The topological polar surface area (TPSA) is 100 Å². The molecule has 0 atom stereocenters. The number of fused-ring (bicyclic) bond motifs is 1. The molecule has 2 aromatic heterocycles. The summed E-state index contributed by atoms with van der Waals surface area (Å²) in [6.45, 7) is 3.05. The lowest BCUT2D eigenvalue weighted by Crippen LogP contribution is -2.55. The van der Waals surface area contributed by atoms with Crippen LogP contribution in [0.1, 0.15) is 10.4 Å². The summed E-state index contributed by atoms with van der Waals surface area (Å²) in [5.74, 6) is -1.21. The number of benzene rings is 1. The van der Waals surface area contributed by atoms with E-state index in [0.29, 0.717) is 63.7 Å². The first-order valence-corrected chi connectivity index (χ1v) is 11.0. The molecule has 3 aromatic rings. The second-order valence-corrected chi connectivity index (χ2v) is 7.98. The van der Waals surface area contributed by atoms with Gasteiger partial charge >= 0.3 is 11.8 Å². The predicted octanol–water partition coefficient (Wildman–Crippen LogP) is 0.540. The first-order chi connectivity index (χ1) is 16.1. The Hall–Kier alpha value is -3.79. The van der Waals surface area contributed by atoms with Gasteiger partial charge in [-0.15, -0.1) is 0 Å². The van der Waals surface area contributed by atoms with E-state index in [2.05, 4.69) is 10.1 Å².